The molecule has 132 valence electrons. The molecule has 0 saturated carbocycles. The Labute approximate surface area is 146 Å². The molecule has 0 heterocycles. The number of hydrogen-bond acceptors (Lipinski definition) is 6. The van der Waals surface area contributed by atoms with E-state index in [2.05, 4.69) is 0 Å². The topological polar surface area (TPSA) is 84.9 Å². The minimum absolute atomic E-state index is 0.144. The Morgan fingerprint density at radius 3 is 2.32 bits per heavy atom. The van der Waals surface area contributed by atoms with E-state index in [1.807, 2.05) is 0 Å². The molecule has 0 aliphatic carbocycles. The predicted molar refractivity (Wildman–Crippen MR) is 88.4 cm³/mol. The molecule has 0 fully saturated rings. The van der Waals surface area contributed by atoms with Crippen molar-refractivity contribution in [1.29, 1.82) is 0 Å². The van der Waals surface area contributed by atoms with Gasteiger partial charge in [-0.25, -0.2) is 4.79 Å². The lowest BCUT2D eigenvalue weighted by Gasteiger charge is -2.12. The van der Waals surface area contributed by atoms with Crippen LogP contribution in [0.5, 0.6) is 11.5 Å². The van der Waals surface area contributed by atoms with E-state index in [0.29, 0.717) is 28.2 Å². The molecule has 2 aromatic rings. The molecule has 0 spiro atoms. The van der Waals surface area contributed by atoms with Crippen molar-refractivity contribution in [3.05, 3.63) is 59.2 Å². The summed E-state index contributed by atoms with van der Waals surface area (Å²) in [4.78, 5) is 22.6. The lowest BCUT2D eigenvalue weighted by atomic mass is 10.1. The summed E-state index contributed by atoms with van der Waals surface area (Å²) in [6.45, 7) is 2.17. The molecule has 0 atom stereocenters. The van der Waals surface area contributed by atoms with Gasteiger partial charge in [-0.15, -0.1) is 0 Å². The number of carbonyl (C=O) groups excluding carboxylic acids is 2. The number of carbonyl (C=O) groups is 2. The molecule has 2 aromatic carbocycles. The molecule has 6 nitrogen and oxygen atoms in total. The van der Waals surface area contributed by atoms with E-state index in [-0.39, 0.29) is 19.6 Å². The highest BCUT2D eigenvalue weighted by Crippen LogP contribution is 2.21. The molecule has 0 saturated heterocycles. The number of methoxy groups -OCH3 is 1. The highest BCUT2D eigenvalue weighted by molar-refractivity contribution is 5.91. The molecule has 0 aromatic heterocycles. The third-order valence-corrected chi connectivity index (χ3v) is 3.47. The smallest absolute Gasteiger partial charge is 0.338 e. The van der Waals surface area contributed by atoms with Crippen LogP contribution in [0.1, 0.15) is 28.4 Å². The minimum Gasteiger partial charge on any atom is -0.550 e. The van der Waals surface area contributed by atoms with Crippen molar-refractivity contribution in [3.8, 4) is 11.5 Å². The zero-order chi connectivity index (χ0) is 18.2. The standard InChI is InChI=1S/C19H20O6/c1-3-24-19(22)17-9-8-16(23-2)11-14(17)12-25-15-6-4-13(5-7-15)10-18(20)21/h4-9,11H,3,10,12H2,1-2H3,(H,20,21)/p-1. The van der Waals surface area contributed by atoms with E-state index in [9.17, 15) is 14.7 Å². The van der Waals surface area contributed by atoms with Gasteiger partial charge >= 0.3 is 5.97 Å². The van der Waals surface area contributed by atoms with Crippen LogP contribution in [-0.4, -0.2) is 25.7 Å². The maximum atomic E-state index is 12.0. The molecule has 0 N–H and O–H groups in total. The molecular weight excluding hydrogens is 324 g/mol. The number of benzene rings is 2. The van der Waals surface area contributed by atoms with Gasteiger partial charge in [-0.05, 0) is 42.8 Å². The number of esters is 1. The van der Waals surface area contributed by atoms with Crippen LogP contribution < -0.4 is 14.6 Å². The van der Waals surface area contributed by atoms with Crippen molar-refractivity contribution in [1.82, 2.24) is 0 Å². The Bertz CT molecular complexity index is 736. The Morgan fingerprint density at radius 1 is 1.04 bits per heavy atom. The Hall–Kier alpha value is -3.02. The summed E-state index contributed by atoms with van der Waals surface area (Å²) in [5.41, 5.74) is 1.67. The molecular formula is C19H19O6-. The second-order valence-corrected chi connectivity index (χ2v) is 5.22. The van der Waals surface area contributed by atoms with Gasteiger partial charge in [0.1, 0.15) is 18.1 Å². The van der Waals surface area contributed by atoms with Crippen LogP contribution >= 0.6 is 0 Å². The summed E-state index contributed by atoms with van der Waals surface area (Å²) in [7, 11) is 1.54. The summed E-state index contributed by atoms with van der Waals surface area (Å²) in [5, 5.41) is 10.6. The average molecular weight is 343 g/mol. The van der Waals surface area contributed by atoms with E-state index in [0.717, 1.165) is 0 Å². The summed E-state index contributed by atoms with van der Waals surface area (Å²) < 4.78 is 15.9. The molecule has 0 amide bonds. The third-order valence-electron chi connectivity index (χ3n) is 3.47. The molecule has 0 bridgehead atoms. The van der Waals surface area contributed by atoms with Crippen molar-refractivity contribution < 1.29 is 28.9 Å². The largest absolute Gasteiger partial charge is 0.550 e. The van der Waals surface area contributed by atoms with Gasteiger partial charge in [-0.2, -0.15) is 0 Å². The quantitative estimate of drug-likeness (QED) is 0.679. The first kappa shape index (κ1) is 18.3. The van der Waals surface area contributed by atoms with E-state index in [1.54, 1.807) is 56.5 Å². The SMILES string of the molecule is CCOC(=O)c1ccc(OC)cc1COc1ccc(CC(=O)[O-])cc1. The minimum atomic E-state index is -1.14. The highest BCUT2D eigenvalue weighted by Gasteiger charge is 2.14. The van der Waals surface area contributed by atoms with Crippen LogP contribution in [0.2, 0.25) is 0 Å². The fraction of sp³-hybridized carbons (Fsp3) is 0.263. The lowest BCUT2D eigenvalue weighted by Crippen LogP contribution is -2.24. The summed E-state index contributed by atoms with van der Waals surface area (Å²) in [6.07, 6.45) is -0.150. The molecule has 2 rings (SSSR count). The molecule has 0 radical (unpaired) electrons. The predicted octanol–water partition coefficient (Wildman–Crippen LogP) is 1.74. The van der Waals surface area contributed by atoms with E-state index >= 15 is 0 Å². The number of aliphatic carboxylic acids is 1. The van der Waals surface area contributed by atoms with Crippen LogP contribution in [0.4, 0.5) is 0 Å². The molecule has 0 aliphatic heterocycles. The second kappa shape index (κ2) is 8.73. The van der Waals surface area contributed by atoms with Gasteiger partial charge in [-0.1, -0.05) is 12.1 Å². The molecule has 25 heavy (non-hydrogen) atoms. The van der Waals surface area contributed by atoms with Crippen LogP contribution in [-0.2, 0) is 22.6 Å². The average Bonchev–Trinajstić information content (AvgIpc) is 2.60. The van der Waals surface area contributed by atoms with Crippen molar-refractivity contribution in [2.75, 3.05) is 13.7 Å². The maximum Gasteiger partial charge on any atom is 0.338 e. The van der Waals surface area contributed by atoms with Crippen molar-refractivity contribution in [2.24, 2.45) is 0 Å². The van der Waals surface area contributed by atoms with Crippen molar-refractivity contribution in [3.63, 3.8) is 0 Å². The number of ether oxygens (including phenoxy) is 3. The van der Waals surface area contributed by atoms with E-state index < -0.39 is 11.9 Å². The van der Waals surface area contributed by atoms with Gasteiger partial charge in [0.05, 0.1) is 19.3 Å². The second-order valence-electron chi connectivity index (χ2n) is 5.22. The van der Waals surface area contributed by atoms with Gasteiger partial charge < -0.3 is 24.1 Å². The first-order valence-electron chi connectivity index (χ1n) is 7.79. The highest BCUT2D eigenvalue weighted by atomic mass is 16.5. The first-order chi connectivity index (χ1) is 12.0. The fourth-order valence-electron chi connectivity index (χ4n) is 2.26. The molecule has 0 unspecified atom stereocenters. The van der Waals surface area contributed by atoms with Crippen LogP contribution in [0, 0.1) is 0 Å². The summed E-state index contributed by atoms with van der Waals surface area (Å²) >= 11 is 0. The van der Waals surface area contributed by atoms with Crippen LogP contribution in [0.25, 0.3) is 0 Å². The van der Waals surface area contributed by atoms with Crippen LogP contribution in [0.3, 0.4) is 0 Å². The van der Waals surface area contributed by atoms with Gasteiger partial charge in [0.25, 0.3) is 0 Å². The van der Waals surface area contributed by atoms with Gasteiger partial charge in [0.15, 0.2) is 0 Å². The van der Waals surface area contributed by atoms with Crippen molar-refractivity contribution >= 4 is 11.9 Å². The fourth-order valence-corrected chi connectivity index (χ4v) is 2.26. The Morgan fingerprint density at radius 2 is 1.72 bits per heavy atom. The van der Waals surface area contributed by atoms with E-state index in [1.165, 1.54) is 0 Å². The van der Waals surface area contributed by atoms with Gasteiger partial charge in [0, 0.05) is 18.0 Å². The maximum absolute atomic E-state index is 12.0. The van der Waals surface area contributed by atoms with Crippen LogP contribution in [0.15, 0.2) is 42.5 Å². The first-order valence-corrected chi connectivity index (χ1v) is 7.79. The normalized spacial score (nSPS) is 10.2. The van der Waals surface area contributed by atoms with Crippen molar-refractivity contribution in [2.45, 2.75) is 20.0 Å². The summed E-state index contributed by atoms with van der Waals surface area (Å²) in [6, 6.07) is 11.7. The number of carboxylic acid groups (broad SMARTS) is 1. The number of carboxylic acids is 1. The van der Waals surface area contributed by atoms with E-state index in [4.69, 9.17) is 14.2 Å². The zero-order valence-electron chi connectivity index (χ0n) is 14.1. The number of hydrogen-bond donors (Lipinski definition) is 0. The van der Waals surface area contributed by atoms with Gasteiger partial charge in [0.2, 0.25) is 0 Å². The lowest BCUT2D eigenvalue weighted by molar-refractivity contribution is -0.304. The Kier molecular flexibility index (Phi) is 6.39. The molecule has 6 heteroatoms. The van der Waals surface area contributed by atoms with Gasteiger partial charge in [-0.3, -0.25) is 0 Å². The summed E-state index contributed by atoms with van der Waals surface area (Å²) in [5.74, 6) is -0.395. The Balaban J connectivity index is 2.12. The zero-order valence-corrected chi connectivity index (χ0v) is 14.1. The third kappa shape index (κ3) is 5.24. The number of rotatable bonds is 8. The monoisotopic (exact) mass is 343 g/mol. The molecule has 0 aliphatic rings.